The summed E-state index contributed by atoms with van der Waals surface area (Å²) in [6.45, 7) is 4.36. The predicted octanol–water partition coefficient (Wildman–Crippen LogP) is 3.22. The zero-order chi connectivity index (χ0) is 13.2. The quantitative estimate of drug-likeness (QED) is 0.752. The summed E-state index contributed by atoms with van der Waals surface area (Å²) >= 11 is 0. The zero-order valence-electron chi connectivity index (χ0n) is 10.9. The first kappa shape index (κ1) is 11.6. The summed E-state index contributed by atoms with van der Waals surface area (Å²) < 4.78 is 0. The third-order valence-electron chi connectivity index (χ3n) is 3.09. The molecule has 0 radical (unpaired) electrons. The van der Waals surface area contributed by atoms with E-state index in [1.54, 1.807) is 6.20 Å². The van der Waals surface area contributed by atoms with Gasteiger partial charge in [0.2, 0.25) is 0 Å². The highest BCUT2D eigenvalue weighted by atomic mass is 15.2. The van der Waals surface area contributed by atoms with Gasteiger partial charge in [0.05, 0.1) is 11.6 Å². The lowest BCUT2D eigenvalue weighted by Crippen LogP contribution is -1.95. The summed E-state index contributed by atoms with van der Waals surface area (Å²) in [7, 11) is 0. The molecule has 0 aliphatic rings. The Labute approximate surface area is 111 Å². The van der Waals surface area contributed by atoms with Crippen LogP contribution in [0, 0.1) is 0 Å². The van der Waals surface area contributed by atoms with Crippen molar-refractivity contribution in [3.8, 4) is 0 Å². The van der Waals surface area contributed by atoms with Crippen LogP contribution in [-0.2, 0) is 0 Å². The molecule has 0 aliphatic heterocycles. The average molecular weight is 253 g/mol. The molecule has 1 aromatic carbocycles. The van der Waals surface area contributed by atoms with Crippen LogP contribution < -0.4 is 5.32 Å². The molecule has 5 nitrogen and oxygen atoms in total. The summed E-state index contributed by atoms with van der Waals surface area (Å²) in [4.78, 5) is 8.36. The summed E-state index contributed by atoms with van der Waals surface area (Å²) in [6, 6.07) is 8.37. The SMILES string of the molecule is CC(C)c1ccc(Nc2ncnc3[nH]ncc23)cc1. The Morgan fingerprint density at radius 2 is 1.89 bits per heavy atom. The van der Waals surface area contributed by atoms with E-state index in [0.29, 0.717) is 5.92 Å². The second-order valence-electron chi connectivity index (χ2n) is 4.76. The van der Waals surface area contributed by atoms with Crippen LogP contribution in [0.2, 0.25) is 0 Å². The van der Waals surface area contributed by atoms with Crippen molar-refractivity contribution < 1.29 is 0 Å². The van der Waals surface area contributed by atoms with Crippen LogP contribution in [0.5, 0.6) is 0 Å². The van der Waals surface area contributed by atoms with Crippen molar-refractivity contribution in [2.45, 2.75) is 19.8 Å². The van der Waals surface area contributed by atoms with Gasteiger partial charge in [-0.2, -0.15) is 5.10 Å². The van der Waals surface area contributed by atoms with Crippen molar-refractivity contribution in [2.75, 3.05) is 5.32 Å². The first-order valence-electron chi connectivity index (χ1n) is 6.25. The van der Waals surface area contributed by atoms with Gasteiger partial charge in [-0.25, -0.2) is 9.97 Å². The lowest BCUT2D eigenvalue weighted by Gasteiger charge is -2.09. The number of benzene rings is 1. The number of hydrogen-bond acceptors (Lipinski definition) is 4. The fraction of sp³-hybridized carbons (Fsp3) is 0.214. The number of aromatic amines is 1. The molecule has 2 heterocycles. The van der Waals surface area contributed by atoms with Crippen molar-refractivity contribution in [1.29, 1.82) is 0 Å². The summed E-state index contributed by atoms with van der Waals surface area (Å²) in [5, 5.41) is 11.0. The average Bonchev–Trinajstić information content (AvgIpc) is 2.89. The van der Waals surface area contributed by atoms with Gasteiger partial charge >= 0.3 is 0 Å². The number of fused-ring (bicyclic) bond motifs is 1. The van der Waals surface area contributed by atoms with Crippen molar-refractivity contribution in [2.24, 2.45) is 0 Å². The number of nitrogens with one attached hydrogen (secondary N) is 2. The Hall–Kier alpha value is -2.43. The van der Waals surface area contributed by atoms with E-state index in [1.165, 1.54) is 11.9 Å². The molecule has 0 aliphatic carbocycles. The van der Waals surface area contributed by atoms with Crippen LogP contribution in [0.1, 0.15) is 25.3 Å². The molecular weight excluding hydrogens is 238 g/mol. The van der Waals surface area contributed by atoms with Gasteiger partial charge in [-0.3, -0.25) is 5.10 Å². The van der Waals surface area contributed by atoms with Gasteiger partial charge in [0.15, 0.2) is 5.65 Å². The van der Waals surface area contributed by atoms with Crippen molar-refractivity contribution in [1.82, 2.24) is 20.2 Å². The van der Waals surface area contributed by atoms with E-state index in [-0.39, 0.29) is 0 Å². The van der Waals surface area contributed by atoms with Crippen LogP contribution in [0.4, 0.5) is 11.5 Å². The maximum absolute atomic E-state index is 4.25. The Balaban J connectivity index is 1.90. The van der Waals surface area contributed by atoms with Gasteiger partial charge in [0.1, 0.15) is 12.1 Å². The molecule has 19 heavy (non-hydrogen) atoms. The van der Waals surface area contributed by atoms with E-state index in [4.69, 9.17) is 0 Å². The number of nitrogens with zero attached hydrogens (tertiary/aromatic N) is 3. The Morgan fingerprint density at radius 3 is 2.63 bits per heavy atom. The van der Waals surface area contributed by atoms with Gasteiger partial charge in [0.25, 0.3) is 0 Å². The van der Waals surface area contributed by atoms with E-state index in [9.17, 15) is 0 Å². The predicted molar refractivity (Wildman–Crippen MR) is 75.5 cm³/mol. The maximum Gasteiger partial charge on any atom is 0.160 e. The van der Waals surface area contributed by atoms with Gasteiger partial charge < -0.3 is 5.32 Å². The molecule has 0 spiro atoms. The summed E-state index contributed by atoms with van der Waals surface area (Å²) in [6.07, 6.45) is 3.24. The second kappa shape index (κ2) is 4.68. The second-order valence-corrected chi connectivity index (χ2v) is 4.76. The highest BCUT2D eigenvalue weighted by Gasteiger charge is 2.05. The molecule has 96 valence electrons. The van der Waals surface area contributed by atoms with Crippen LogP contribution in [0.3, 0.4) is 0 Å². The number of aromatic nitrogens is 4. The highest BCUT2D eigenvalue weighted by molar-refractivity contribution is 5.87. The lowest BCUT2D eigenvalue weighted by molar-refractivity contribution is 0.867. The normalized spacial score (nSPS) is 11.1. The van der Waals surface area contributed by atoms with Crippen LogP contribution in [0.15, 0.2) is 36.8 Å². The van der Waals surface area contributed by atoms with Gasteiger partial charge in [-0.1, -0.05) is 26.0 Å². The summed E-state index contributed by atoms with van der Waals surface area (Å²) in [5.41, 5.74) is 3.06. The van der Waals surface area contributed by atoms with E-state index >= 15 is 0 Å². The fourth-order valence-electron chi connectivity index (χ4n) is 1.95. The first-order chi connectivity index (χ1) is 9.24. The molecule has 5 heteroatoms. The fourth-order valence-corrected chi connectivity index (χ4v) is 1.95. The molecule has 0 amide bonds. The number of rotatable bonds is 3. The molecule has 0 fully saturated rings. The number of H-pyrrole nitrogens is 1. The van der Waals surface area contributed by atoms with Crippen molar-refractivity contribution in [3.63, 3.8) is 0 Å². The van der Waals surface area contributed by atoms with Crippen molar-refractivity contribution in [3.05, 3.63) is 42.4 Å². The zero-order valence-corrected chi connectivity index (χ0v) is 10.9. The van der Waals surface area contributed by atoms with E-state index in [1.807, 2.05) is 0 Å². The van der Waals surface area contributed by atoms with Crippen LogP contribution in [-0.4, -0.2) is 20.2 Å². The third kappa shape index (κ3) is 2.27. The first-order valence-corrected chi connectivity index (χ1v) is 6.25. The van der Waals surface area contributed by atoms with E-state index < -0.39 is 0 Å². The number of hydrogen-bond donors (Lipinski definition) is 2. The van der Waals surface area contributed by atoms with Crippen LogP contribution >= 0.6 is 0 Å². The molecule has 0 saturated carbocycles. The maximum atomic E-state index is 4.25. The van der Waals surface area contributed by atoms with Crippen molar-refractivity contribution >= 4 is 22.5 Å². The molecule has 0 saturated heterocycles. The number of anilines is 2. The minimum absolute atomic E-state index is 0.536. The van der Waals surface area contributed by atoms with Gasteiger partial charge in [-0.15, -0.1) is 0 Å². The topological polar surface area (TPSA) is 66.5 Å². The molecule has 0 unspecified atom stereocenters. The van der Waals surface area contributed by atoms with Crippen LogP contribution in [0.25, 0.3) is 11.0 Å². The monoisotopic (exact) mass is 253 g/mol. The molecule has 2 aromatic heterocycles. The van der Waals surface area contributed by atoms with Gasteiger partial charge in [-0.05, 0) is 23.6 Å². The Morgan fingerprint density at radius 1 is 1.11 bits per heavy atom. The molecule has 2 N–H and O–H groups in total. The minimum Gasteiger partial charge on any atom is -0.340 e. The Kier molecular flexibility index (Phi) is 2.87. The standard InChI is InChI=1S/C14H15N5/c1-9(2)10-3-5-11(6-4-10)18-13-12-7-17-19-14(12)16-8-15-13/h3-9H,1-2H3,(H2,15,16,17,18,19). The largest absolute Gasteiger partial charge is 0.340 e. The van der Waals surface area contributed by atoms with E-state index in [0.717, 1.165) is 22.5 Å². The smallest absolute Gasteiger partial charge is 0.160 e. The van der Waals surface area contributed by atoms with Gasteiger partial charge in [0, 0.05) is 5.69 Å². The molecule has 3 aromatic rings. The summed E-state index contributed by atoms with van der Waals surface area (Å²) in [5.74, 6) is 1.30. The Bertz CT molecular complexity index is 684. The highest BCUT2D eigenvalue weighted by Crippen LogP contribution is 2.23. The minimum atomic E-state index is 0.536. The molecular formula is C14H15N5. The molecule has 0 bridgehead atoms. The third-order valence-corrected chi connectivity index (χ3v) is 3.09. The lowest BCUT2D eigenvalue weighted by atomic mass is 10.0. The molecule has 0 atom stereocenters. The molecule has 3 rings (SSSR count). The van der Waals surface area contributed by atoms with E-state index in [2.05, 4.69) is 63.6 Å².